The zero-order valence-corrected chi connectivity index (χ0v) is 11.9. The highest BCUT2D eigenvalue weighted by molar-refractivity contribution is 5.97. The third-order valence-corrected chi connectivity index (χ3v) is 2.88. The first-order valence-electron chi connectivity index (χ1n) is 6.35. The van der Waals surface area contributed by atoms with Gasteiger partial charge in [-0.05, 0) is 31.4 Å². The zero-order chi connectivity index (χ0) is 14.5. The van der Waals surface area contributed by atoms with Crippen LogP contribution < -0.4 is 5.32 Å². The summed E-state index contributed by atoms with van der Waals surface area (Å²) in [5.74, 6) is -0.431. The van der Waals surface area contributed by atoms with Crippen molar-refractivity contribution in [1.29, 1.82) is 0 Å². The highest BCUT2D eigenvalue weighted by atomic mass is 16.5. The van der Waals surface area contributed by atoms with E-state index >= 15 is 0 Å². The van der Waals surface area contributed by atoms with Crippen LogP contribution in [0, 0.1) is 5.92 Å². The van der Waals surface area contributed by atoms with Crippen LogP contribution in [0.1, 0.15) is 37.6 Å². The molecule has 0 aromatic heterocycles. The molecule has 1 unspecified atom stereocenters. The Morgan fingerprint density at radius 1 is 1.26 bits per heavy atom. The predicted octanol–water partition coefficient (Wildman–Crippen LogP) is 2.39. The molecule has 0 spiro atoms. The molecule has 0 saturated heterocycles. The number of carbonyl (C=O) groups excluding carboxylic acids is 2. The predicted molar refractivity (Wildman–Crippen MR) is 73.8 cm³/mol. The van der Waals surface area contributed by atoms with Crippen molar-refractivity contribution in [3.05, 3.63) is 35.9 Å². The van der Waals surface area contributed by atoms with E-state index in [0.29, 0.717) is 12.0 Å². The Morgan fingerprint density at radius 3 is 2.32 bits per heavy atom. The van der Waals surface area contributed by atoms with E-state index in [-0.39, 0.29) is 11.8 Å². The molecule has 1 aromatic rings. The quantitative estimate of drug-likeness (QED) is 0.830. The molecule has 0 aliphatic rings. The fourth-order valence-electron chi connectivity index (χ4n) is 2.14. The standard InChI is InChI=1S/C15H21NO3/c1-11(2)10-15(3,14(18)19-4)16-13(17)12-8-6-5-7-9-12/h5-9,11H,10H2,1-4H3,(H,16,17). The van der Waals surface area contributed by atoms with Crippen LogP contribution in [0.3, 0.4) is 0 Å². The van der Waals surface area contributed by atoms with Crippen LogP contribution in [0.15, 0.2) is 30.3 Å². The number of rotatable bonds is 5. The van der Waals surface area contributed by atoms with E-state index in [0.717, 1.165) is 0 Å². The molecule has 1 atom stereocenters. The second-order valence-electron chi connectivity index (χ2n) is 5.24. The molecule has 0 bridgehead atoms. The monoisotopic (exact) mass is 263 g/mol. The summed E-state index contributed by atoms with van der Waals surface area (Å²) in [5, 5.41) is 2.78. The second-order valence-corrected chi connectivity index (χ2v) is 5.24. The lowest BCUT2D eigenvalue weighted by Gasteiger charge is -2.29. The lowest BCUT2D eigenvalue weighted by molar-refractivity contribution is -0.148. The minimum absolute atomic E-state index is 0.264. The molecule has 0 aliphatic carbocycles. The van der Waals surface area contributed by atoms with Crippen LogP contribution in [0.5, 0.6) is 0 Å². The maximum absolute atomic E-state index is 12.1. The number of ether oxygens (including phenoxy) is 1. The number of benzene rings is 1. The third kappa shape index (κ3) is 4.09. The number of amides is 1. The number of nitrogens with one attached hydrogen (secondary N) is 1. The molecule has 0 saturated carbocycles. The van der Waals surface area contributed by atoms with Crippen LogP contribution in [0.25, 0.3) is 0 Å². The van der Waals surface area contributed by atoms with E-state index in [1.165, 1.54) is 7.11 Å². The molecule has 4 nitrogen and oxygen atoms in total. The molecule has 0 fully saturated rings. The van der Waals surface area contributed by atoms with Crippen molar-refractivity contribution in [2.24, 2.45) is 5.92 Å². The van der Waals surface area contributed by atoms with Crippen molar-refractivity contribution in [3.63, 3.8) is 0 Å². The molecule has 1 amide bonds. The fourth-order valence-corrected chi connectivity index (χ4v) is 2.14. The van der Waals surface area contributed by atoms with Crippen LogP contribution in [-0.2, 0) is 9.53 Å². The summed E-state index contributed by atoms with van der Waals surface area (Å²) >= 11 is 0. The van der Waals surface area contributed by atoms with Gasteiger partial charge < -0.3 is 10.1 Å². The number of hydrogen-bond acceptors (Lipinski definition) is 3. The Hall–Kier alpha value is -1.84. The van der Waals surface area contributed by atoms with Crippen LogP contribution in [-0.4, -0.2) is 24.5 Å². The lowest BCUT2D eigenvalue weighted by atomic mass is 9.90. The maximum atomic E-state index is 12.1. The Balaban J connectivity index is 2.89. The van der Waals surface area contributed by atoms with E-state index in [1.54, 1.807) is 31.2 Å². The van der Waals surface area contributed by atoms with Crippen molar-refractivity contribution >= 4 is 11.9 Å². The van der Waals surface area contributed by atoms with Gasteiger partial charge in [0, 0.05) is 5.56 Å². The topological polar surface area (TPSA) is 55.4 Å². The van der Waals surface area contributed by atoms with E-state index in [9.17, 15) is 9.59 Å². The first kappa shape index (κ1) is 15.2. The summed E-state index contributed by atoms with van der Waals surface area (Å²) in [6.45, 7) is 5.69. The van der Waals surface area contributed by atoms with E-state index < -0.39 is 11.5 Å². The van der Waals surface area contributed by atoms with Gasteiger partial charge in [0.1, 0.15) is 5.54 Å². The van der Waals surface area contributed by atoms with Gasteiger partial charge in [0.2, 0.25) is 0 Å². The minimum atomic E-state index is -1.00. The normalized spacial score (nSPS) is 13.7. The van der Waals surface area contributed by atoms with Crippen LogP contribution >= 0.6 is 0 Å². The molecule has 4 heteroatoms. The Bertz CT molecular complexity index is 442. The largest absolute Gasteiger partial charge is 0.467 e. The molecule has 1 rings (SSSR count). The summed E-state index contributed by atoms with van der Waals surface area (Å²) in [5.41, 5.74) is -0.475. The molecule has 0 aliphatic heterocycles. The highest BCUT2D eigenvalue weighted by Crippen LogP contribution is 2.19. The third-order valence-electron chi connectivity index (χ3n) is 2.88. The van der Waals surface area contributed by atoms with Gasteiger partial charge in [0.05, 0.1) is 7.11 Å². The molecule has 0 heterocycles. The van der Waals surface area contributed by atoms with Gasteiger partial charge in [-0.25, -0.2) is 4.79 Å². The summed E-state index contributed by atoms with van der Waals surface area (Å²) in [4.78, 5) is 24.0. The molecule has 104 valence electrons. The summed E-state index contributed by atoms with van der Waals surface area (Å²) in [7, 11) is 1.33. The van der Waals surface area contributed by atoms with Gasteiger partial charge in [0.25, 0.3) is 5.91 Å². The lowest BCUT2D eigenvalue weighted by Crippen LogP contribution is -2.53. The van der Waals surface area contributed by atoms with Crippen molar-refractivity contribution in [2.75, 3.05) is 7.11 Å². The molecule has 1 N–H and O–H groups in total. The SMILES string of the molecule is COC(=O)C(C)(CC(C)C)NC(=O)c1ccccc1. The molecule has 0 radical (unpaired) electrons. The average Bonchev–Trinajstić information content (AvgIpc) is 2.37. The van der Waals surface area contributed by atoms with Crippen molar-refractivity contribution < 1.29 is 14.3 Å². The van der Waals surface area contributed by atoms with Crippen molar-refractivity contribution in [3.8, 4) is 0 Å². The van der Waals surface area contributed by atoms with Crippen LogP contribution in [0.2, 0.25) is 0 Å². The molecular weight excluding hydrogens is 242 g/mol. The number of esters is 1. The zero-order valence-electron chi connectivity index (χ0n) is 11.9. The summed E-state index contributed by atoms with van der Waals surface area (Å²) in [6.07, 6.45) is 0.526. The van der Waals surface area contributed by atoms with Gasteiger partial charge in [-0.2, -0.15) is 0 Å². The minimum Gasteiger partial charge on any atom is -0.467 e. The number of hydrogen-bond donors (Lipinski definition) is 1. The number of carbonyl (C=O) groups is 2. The Kier molecular flexibility index (Phi) is 5.10. The number of methoxy groups -OCH3 is 1. The fraction of sp³-hybridized carbons (Fsp3) is 0.467. The molecular formula is C15H21NO3. The second kappa shape index (κ2) is 6.36. The molecule has 1 aromatic carbocycles. The summed E-state index contributed by atoms with van der Waals surface area (Å²) < 4.78 is 4.80. The first-order chi connectivity index (χ1) is 8.89. The van der Waals surface area contributed by atoms with Gasteiger partial charge >= 0.3 is 5.97 Å². The average molecular weight is 263 g/mol. The van der Waals surface area contributed by atoms with E-state index in [1.807, 2.05) is 19.9 Å². The Labute approximate surface area is 114 Å². The maximum Gasteiger partial charge on any atom is 0.331 e. The van der Waals surface area contributed by atoms with Gasteiger partial charge in [0.15, 0.2) is 0 Å². The van der Waals surface area contributed by atoms with Crippen molar-refractivity contribution in [1.82, 2.24) is 5.32 Å². The van der Waals surface area contributed by atoms with Crippen LogP contribution in [0.4, 0.5) is 0 Å². The van der Waals surface area contributed by atoms with Crippen molar-refractivity contribution in [2.45, 2.75) is 32.7 Å². The van der Waals surface area contributed by atoms with Gasteiger partial charge in [-0.3, -0.25) is 4.79 Å². The molecule has 19 heavy (non-hydrogen) atoms. The first-order valence-corrected chi connectivity index (χ1v) is 6.35. The van der Waals surface area contributed by atoms with E-state index in [2.05, 4.69) is 5.32 Å². The highest BCUT2D eigenvalue weighted by Gasteiger charge is 2.36. The van der Waals surface area contributed by atoms with E-state index in [4.69, 9.17) is 4.74 Å². The Morgan fingerprint density at radius 2 is 1.84 bits per heavy atom. The smallest absolute Gasteiger partial charge is 0.331 e. The summed E-state index contributed by atoms with van der Waals surface area (Å²) in [6, 6.07) is 8.83. The van der Waals surface area contributed by atoms with Gasteiger partial charge in [-0.1, -0.05) is 32.0 Å². The van der Waals surface area contributed by atoms with Gasteiger partial charge in [-0.15, -0.1) is 0 Å².